The van der Waals surface area contributed by atoms with E-state index in [2.05, 4.69) is 5.32 Å². The van der Waals surface area contributed by atoms with Crippen LogP contribution >= 0.6 is 11.6 Å². The Morgan fingerprint density at radius 2 is 1.63 bits per heavy atom. The smallest absolute Gasteiger partial charge is 0.348 e. The molecule has 16 heteroatoms. The molecule has 2 aliphatic rings. The third kappa shape index (κ3) is 4.38. The first-order valence-corrected chi connectivity index (χ1v) is 12.6. The summed E-state index contributed by atoms with van der Waals surface area (Å²) in [5.41, 5.74) is 1.08. The average molecular weight is 533 g/mol. The molecule has 1 fully saturated rings. The zero-order chi connectivity index (χ0) is 28.4. The molecule has 0 aliphatic carbocycles. The summed E-state index contributed by atoms with van der Waals surface area (Å²) in [6.45, 7) is 0.110. The van der Waals surface area contributed by atoms with Crippen molar-refractivity contribution in [1.82, 2.24) is 15.0 Å². The molecule has 190 valence electrons. The Balaban J connectivity index is 1.62. The maximum Gasteiger partial charge on any atom is 0.348 e. The highest BCUT2D eigenvalue weighted by molar-refractivity contribution is 6.50. The largest absolute Gasteiger partial charge is 0.393 e. The van der Waals surface area contributed by atoms with Crippen LogP contribution in [0, 0.1) is 0 Å². The van der Waals surface area contributed by atoms with Crippen LogP contribution in [0.5, 0.6) is 0 Å². The van der Waals surface area contributed by atoms with Crippen LogP contribution in [-0.2, 0) is 32.2 Å². The molecule has 0 radical (unpaired) electrons. The zero-order valence-corrected chi connectivity index (χ0v) is 22.8. The molecule has 0 aromatic heterocycles. The Kier molecular flexibility index (Phi) is 6.92. The lowest BCUT2D eigenvalue weighted by atomic mass is 9.39. The predicted molar refractivity (Wildman–Crippen MR) is 155 cm³/mol. The molecule has 1 N–H and O–H groups in total. The highest BCUT2D eigenvalue weighted by Gasteiger charge is 2.52. The molecule has 7 nitrogen and oxygen atoms in total. The standard InChI is InChI=1S/C22H24B6ClF2N3O4/c23-14-16(35)32-17(36)15(20(14,24)25)33-8-9-7-11(3-6-13(9)18(33)37)22(26,27)34(28)19(38)21(30,31)10-1-4-12(29)5-2-10/h1-7,14-15H,8,23-28H2,(H,32,35,36). The second kappa shape index (κ2) is 9.36. The summed E-state index contributed by atoms with van der Waals surface area (Å²) in [7, 11) is 9.88. The van der Waals surface area contributed by atoms with Gasteiger partial charge in [-0.25, -0.2) is 0 Å². The number of amides is 4. The SMILES string of the molecule is BC1C(=O)NC(=O)C(N2Cc3cc(C(B)(B)N(B)C(=O)C(F)(F)c4ccc(Cl)cc4)ccc3C2=O)C1(B)B. The van der Waals surface area contributed by atoms with Gasteiger partial charge in [-0.1, -0.05) is 41.1 Å². The van der Waals surface area contributed by atoms with Crippen molar-refractivity contribution < 1.29 is 28.0 Å². The lowest BCUT2D eigenvalue weighted by Crippen LogP contribution is -2.62. The summed E-state index contributed by atoms with van der Waals surface area (Å²) in [6, 6.07) is 8.90. The van der Waals surface area contributed by atoms with Gasteiger partial charge in [0.25, 0.3) is 11.8 Å². The highest BCUT2D eigenvalue weighted by atomic mass is 35.5. The molecule has 4 rings (SSSR count). The Morgan fingerprint density at radius 3 is 2.24 bits per heavy atom. The van der Waals surface area contributed by atoms with E-state index in [1.54, 1.807) is 57.4 Å². The van der Waals surface area contributed by atoms with Gasteiger partial charge in [0.15, 0.2) is 0 Å². The minimum Gasteiger partial charge on any atom is -0.393 e. The quantitative estimate of drug-likeness (QED) is 0.323. The number of fused-ring (bicyclic) bond motifs is 1. The van der Waals surface area contributed by atoms with Gasteiger partial charge in [-0.2, -0.15) is 8.78 Å². The van der Waals surface area contributed by atoms with E-state index in [4.69, 9.17) is 11.6 Å². The second-order valence-electron chi connectivity index (χ2n) is 11.1. The molecule has 4 amide bonds. The summed E-state index contributed by atoms with van der Waals surface area (Å²) in [6.07, 6.45) is 0. The molecule has 2 aromatic rings. The first-order valence-electron chi connectivity index (χ1n) is 12.2. The van der Waals surface area contributed by atoms with Crippen molar-refractivity contribution in [2.24, 2.45) is 0 Å². The maximum atomic E-state index is 15.1. The molecule has 2 heterocycles. The van der Waals surface area contributed by atoms with Crippen molar-refractivity contribution in [3.8, 4) is 0 Å². The Hall–Kier alpha value is -2.94. The minimum atomic E-state index is -3.78. The number of alkyl halides is 2. The molecular formula is C22H24B6ClF2N3O4. The number of halogens is 3. The predicted octanol–water partition coefficient (Wildman–Crippen LogP) is -3.33. The molecule has 2 unspecified atom stereocenters. The Labute approximate surface area is 229 Å². The van der Waals surface area contributed by atoms with Crippen LogP contribution in [0.2, 0.25) is 16.1 Å². The van der Waals surface area contributed by atoms with Gasteiger partial charge in [0.1, 0.15) is 45.3 Å². The van der Waals surface area contributed by atoms with E-state index in [0.29, 0.717) is 16.7 Å². The molecule has 2 aromatic carbocycles. The maximum absolute atomic E-state index is 15.1. The highest BCUT2D eigenvalue weighted by Crippen LogP contribution is 2.43. The van der Waals surface area contributed by atoms with E-state index in [1.165, 1.54) is 25.0 Å². The molecular weight excluding hydrogens is 509 g/mol. The number of benzene rings is 2. The van der Waals surface area contributed by atoms with Crippen molar-refractivity contribution in [2.45, 2.75) is 34.9 Å². The molecule has 1 saturated heterocycles. The number of rotatable bonds is 5. The van der Waals surface area contributed by atoms with Gasteiger partial charge >= 0.3 is 5.92 Å². The topological polar surface area (TPSA) is 86.8 Å². The summed E-state index contributed by atoms with van der Waals surface area (Å²) < 4.78 is 30.3. The van der Waals surface area contributed by atoms with Gasteiger partial charge < -0.3 is 9.71 Å². The monoisotopic (exact) mass is 533 g/mol. The number of nitrogens with zero attached hydrogens (tertiary/aromatic N) is 2. The van der Waals surface area contributed by atoms with E-state index < -0.39 is 45.7 Å². The minimum absolute atomic E-state index is 0.110. The van der Waals surface area contributed by atoms with Crippen molar-refractivity contribution in [1.29, 1.82) is 0 Å². The molecule has 2 aliphatic heterocycles. The molecule has 0 bridgehead atoms. The van der Waals surface area contributed by atoms with Crippen LogP contribution in [0.15, 0.2) is 42.5 Å². The van der Waals surface area contributed by atoms with Gasteiger partial charge in [0.2, 0.25) is 19.8 Å². The molecule has 0 saturated carbocycles. The van der Waals surface area contributed by atoms with Crippen LogP contribution in [0.25, 0.3) is 0 Å². The first kappa shape index (κ1) is 28.1. The van der Waals surface area contributed by atoms with Crippen molar-refractivity contribution in [3.63, 3.8) is 0 Å². The molecule has 0 spiro atoms. The van der Waals surface area contributed by atoms with Gasteiger partial charge in [0.05, 0.1) is 0 Å². The van der Waals surface area contributed by atoms with Gasteiger partial charge in [-0.3, -0.25) is 24.5 Å². The third-order valence-electron chi connectivity index (χ3n) is 8.28. The van der Waals surface area contributed by atoms with E-state index in [0.717, 1.165) is 16.9 Å². The van der Waals surface area contributed by atoms with Crippen LogP contribution in [0.4, 0.5) is 8.78 Å². The first-order chi connectivity index (χ1) is 17.5. The van der Waals surface area contributed by atoms with Gasteiger partial charge in [-0.15, -0.1) is 0 Å². The number of hydrogen-bond acceptors (Lipinski definition) is 4. The lowest BCUT2D eigenvalue weighted by molar-refractivity contribution is -0.155. The Morgan fingerprint density at radius 1 is 1.05 bits per heavy atom. The number of piperidine rings is 1. The van der Waals surface area contributed by atoms with Crippen molar-refractivity contribution in [3.05, 3.63) is 69.7 Å². The van der Waals surface area contributed by atoms with Crippen LogP contribution in [-0.4, -0.2) is 86.6 Å². The van der Waals surface area contributed by atoms with Crippen LogP contribution in [0.1, 0.15) is 27.0 Å². The molecule has 38 heavy (non-hydrogen) atoms. The number of imide groups is 1. The second-order valence-corrected chi connectivity index (χ2v) is 11.5. The number of hydrogen-bond donors (Lipinski definition) is 1. The van der Waals surface area contributed by atoms with Crippen LogP contribution < -0.4 is 5.32 Å². The number of nitrogens with one attached hydrogen (secondary N) is 1. The van der Waals surface area contributed by atoms with E-state index in [1.807, 2.05) is 0 Å². The molecule has 2 atom stereocenters. The van der Waals surface area contributed by atoms with Crippen molar-refractivity contribution >= 4 is 82.4 Å². The zero-order valence-electron chi connectivity index (χ0n) is 22.1. The lowest BCUT2D eigenvalue weighted by Gasteiger charge is -2.46. The fourth-order valence-corrected chi connectivity index (χ4v) is 5.25. The summed E-state index contributed by atoms with van der Waals surface area (Å²) in [5.74, 6) is -6.94. The summed E-state index contributed by atoms with van der Waals surface area (Å²) in [4.78, 5) is 53.8. The number of carbonyl (C=O) groups is 4. The summed E-state index contributed by atoms with van der Waals surface area (Å²) >= 11 is 5.81. The van der Waals surface area contributed by atoms with E-state index in [9.17, 15) is 19.2 Å². The van der Waals surface area contributed by atoms with Crippen molar-refractivity contribution in [2.75, 3.05) is 0 Å². The number of carbonyl (C=O) groups excluding carboxylic acids is 4. The third-order valence-corrected chi connectivity index (χ3v) is 8.53. The normalized spacial score (nSPS) is 21.1. The Bertz CT molecular complexity index is 1360. The fourth-order valence-electron chi connectivity index (χ4n) is 5.13. The van der Waals surface area contributed by atoms with Gasteiger partial charge in [0, 0.05) is 28.5 Å². The average Bonchev–Trinajstić information content (AvgIpc) is 3.16. The fraction of sp³-hybridized carbons (Fsp3) is 0.273. The van der Waals surface area contributed by atoms with Crippen LogP contribution in [0.3, 0.4) is 0 Å². The van der Waals surface area contributed by atoms with Gasteiger partial charge in [-0.05, 0) is 34.7 Å². The summed E-state index contributed by atoms with van der Waals surface area (Å²) in [5, 5.41) is 0.666. The van der Waals surface area contributed by atoms with E-state index >= 15 is 8.78 Å². The van der Waals surface area contributed by atoms with E-state index in [-0.39, 0.29) is 23.4 Å².